The molecule has 1 amide bonds. The lowest BCUT2D eigenvalue weighted by Gasteiger charge is -2.25. The van der Waals surface area contributed by atoms with Gasteiger partial charge >= 0.3 is 0 Å². The van der Waals surface area contributed by atoms with Crippen LogP contribution in [0.15, 0.2) is 66.8 Å². The Morgan fingerprint density at radius 3 is 2.66 bits per heavy atom. The molecule has 0 saturated carbocycles. The number of hydrogen-bond acceptors (Lipinski definition) is 7. The molecule has 1 fully saturated rings. The number of Topliss-reactive ketones (excluding diaryl/α,β-unsaturated/α-hetero) is 1. The number of aliphatic hydroxyl groups is 1. The van der Waals surface area contributed by atoms with Crippen LogP contribution in [-0.2, 0) is 16.1 Å². The number of ether oxygens (including phenoxy) is 3. The fraction of sp³-hybridized carbons (Fsp3) is 0.269. The van der Waals surface area contributed by atoms with Gasteiger partial charge in [0.1, 0.15) is 11.5 Å². The SMILES string of the molecule is CCOc1ccc(C2/C(=C(\O)c3ccc4c(c3)OCO4)C(=O)C(=O)N2CCCn2ccnc2)cc1. The van der Waals surface area contributed by atoms with E-state index in [1.807, 2.05) is 29.8 Å². The Morgan fingerprint density at radius 2 is 1.91 bits per heavy atom. The van der Waals surface area contributed by atoms with E-state index in [1.54, 1.807) is 42.9 Å². The zero-order chi connectivity index (χ0) is 24.4. The first-order chi connectivity index (χ1) is 17.1. The van der Waals surface area contributed by atoms with E-state index in [4.69, 9.17) is 14.2 Å². The van der Waals surface area contributed by atoms with Crippen LogP contribution in [0.5, 0.6) is 17.2 Å². The molecule has 0 spiro atoms. The number of carbonyl (C=O) groups excluding carboxylic acids is 2. The van der Waals surface area contributed by atoms with E-state index < -0.39 is 17.7 Å². The maximum absolute atomic E-state index is 13.2. The topological polar surface area (TPSA) is 103 Å². The molecule has 3 heterocycles. The number of ketones is 1. The summed E-state index contributed by atoms with van der Waals surface area (Å²) in [5, 5.41) is 11.3. The predicted molar refractivity (Wildman–Crippen MR) is 126 cm³/mol. The Hall–Kier alpha value is -4.27. The van der Waals surface area contributed by atoms with Crippen molar-refractivity contribution in [2.45, 2.75) is 25.9 Å². The quantitative estimate of drug-likeness (QED) is 0.302. The van der Waals surface area contributed by atoms with Gasteiger partial charge in [-0.25, -0.2) is 4.98 Å². The Morgan fingerprint density at radius 1 is 1.11 bits per heavy atom. The minimum Gasteiger partial charge on any atom is -0.507 e. The van der Waals surface area contributed by atoms with E-state index in [0.717, 1.165) is 0 Å². The molecular weight excluding hydrogens is 450 g/mol. The van der Waals surface area contributed by atoms with E-state index in [2.05, 4.69) is 4.98 Å². The summed E-state index contributed by atoms with van der Waals surface area (Å²) in [5.41, 5.74) is 1.12. The molecule has 9 heteroatoms. The number of aromatic nitrogens is 2. The summed E-state index contributed by atoms with van der Waals surface area (Å²) in [6.45, 7) is 3.48. The van der Waals surface area contributed by atoms with Crippen molar-refractivity contribution in [1.29, 1.82) is 0 Å². The van der Waals surface area contributed by atoms with Crippen LogP contribution in [-0.4, -0.2) is 51.2 Å². The van der Waals surface area contributed by atoms with Gasteiger partial charge in [0.25, 0.3) is 11.7 Å². The second-order valence-corrected chi connectivity index (χ2v) is 8.22. The number of nitrogens with zero attached hydrogens (tertiary/aromatic N) is 3. The average molecular weight is 476 g/mol. The summed E-state index contributed by atoms with van der Waals surface area (Å²) in [6.07, 6.45) is 5.86. The molecular formula is C26H25N3O6. The summed E-state index contributed by atoms with van der Waals surface area (Å²) in [6, 6.07) is 11.4. The van der Waals surface area contributed by atoms with Crippen LogP contribution in [0.4, 0.5) is 0 Å². The van der Waals surface area contributed by atoms with Gasteiger partial charge in [0.15, 0.2) is 11.5 Å². The highest BCUT2D eigenvalue weighted by atomic mass is 16.7. The fourth-order valence-electron chi connectivity index (χ4n) is 4.41. The lowest BCUT2D eigenvalue weighted by atomic mass is 9.95. The minimum atomic E-state index is -0.737. The molecule has 3 aromatic rings. The molecule has 180 valence electrons. The van der Waals surface area contributed by atoms with E-state index in [9.17, 15) is 14.7 Å². The monoisotopic (exact) mass is 475 g/mol. The molecule has 1 atom stereocenters. The maximum atomic E-state index is 13.2. The van der Waals surface area contributed by atoms with Crippen molar-refractivity contribution in [3.8, 4) is 17.2 Å². The lowest BCUT2D eigenvalue weighted by molar-refractivity contribution is -0.139. The molecule has 35 heavy (non-hydrogen) atoms. The van der Waals surface area contributed by atoms with Crippen LogP contribution in [0.2, 0.25) is 0 Å². The number of aryl methyl sites for hydroxylation is 1. The molecule has 1 saturated heterocycles. The molecule has 0 aliphatic carbocycles. The van der Waals surface area contributed by atoms with Crippen molar-refractivity contribution in [1.82, 2.24) is 14.5 Å². The number of aliphatic hydroxyl groups excluding tert-OH is 1. The van der Waals surface area contributed by atoms with Crippen LogP contribution in [0, 0.1) is 0 Å². The zero-order valence-corrected chi connectivity index (χ0v) is 19.2. The summed E-state index contributed by atoms with van der Waals surface area (Å²) in [5.74, 6) is 0.103. The Balaban J connectivity index is 1.52. The second-order valence-electron chi connectivity index (χ2n) is 8.22. The molecule has 5 rings (SSSR count). The molecule has 0 radical (unpaired) electrons. The number of carbonyl (C=O) groups is 2. The summed E-state index contributed by atoms with van der Waals surface area (Å²) in [4.78, 5) is 31.9. The highest BCUT2D eigenvalue weighted by Crippen LogP contribution is 2.41. The number of benzene rings is 2. The van der Waals surface area contributed by atoms with Gasteiger partial charge in [0.2, 0.25) is 6.79 Å². The lowest BCUT2D eigenvalue weighted by Crippen LogP contribution is -2.31. The van der Waals surface area contributed by atoms with Crippen LogP contribution >= 0.6 is 0 Å². The molecule has 2 aromatic carbocycles. The first kappa shape index (κ1) is 22.5. The van der Waals surface area contributed by atoms with Gasteiger partial charge in [-0.05, 0) is 49.2 Å². The fourth-order valence-corrected chi connectivity index (χ4v) is 4.41. The first-order valence-electron chi connectivity index (χ1n) is 11.4. The Labute approximate surface area is 202 Å². The minimum absolute atomic E-state index is 0.0423. The molecule has 2 aliphatic rings. The van der Waals surface area contributed by atoms with Gasteiger partial charge < -0.3 is 28.8 Å². The summed E-state index contributed by atoms with van der Waals surface area (Å²) in [7, 11) is 0. The number of amides is 1. The molecule has 1 unspecified atom stereocenters. The molecule has 1 N–H and O–H groups in total. The van der Waals surface area contributed by atoms with Gasteiger partial charge in [0.05, 0.1) is 24.5 Å². The van der Waals surface area contributed by atoms with Crippen LogP contribution < -0.4 is 14.2 Å². The number of likely N-dealkylation sites (tertiary alicyclic amines) is 1. The molecule has 2 aliphatic heterocycles. The molecule has 9 nitrogen and oxygen atoms in total. The number of imidazole rings is 1. The van der Waals surface area contributed by atoms with Gasteiger partial charge in [-0.1, -0.05) is 12.1 Å². The third kappa shape index (κ3) is 4.32. The number of hydrogen-bond donors (Lipinski definition) is 1. The Kier molecular flexibility index (Phi) is 6.13. The predicted octanol–water partition coefficient (Wildman–Crippen LogP) is 3.52. The van der Waals surface area contributed by atoms with Crippen LogP contribution in [0.25, 0.3) is 5.76 Å². The summed E-state index contributed by atoms with van der Waals surface area (Å²) < 4.78 is 18.2. The van der Waals surface area contributed by atoms with E-state index >= 15 is 0 Å². The third-order valence-electron chi connectivity index (χ3n) is 6.07. The van der Waals surface area contributed by atoms with Crippen molar-refractivity contribution >= 4 is 17.4 Å². The van der Waals surface area contributed by atoms with Crippen molar-refractivity contribution in [3.05, 3.63) is 77.9 Å². The average Bonchev–Trinajstić information content (AvgIpc) is 3.61. The van der Waals surface area contributed by atoms with Gasteiger partial charge in [-0.3, -0.25) is 9.59 Å². The zero-order valence-electron chi connectivity index (χ0n) is 19.2. The van der Waals surface area contributed by atoms with Crippen molar-refractivity contribution in [3.63, 3.8) is 0 Å². The van der Waals surface area contributed by atoms with E-state index in [1.165, 1.54) is 4.90 Å². The van der Waals surface area contributed by atoms with Crippen molar-refractivity contribution in [2.75, 3.05) is 19.9 Å². The summed E-state index contributed by atoms with van der Waals surface area (Å²) >= 11 is 0. The van der Waals surface area contributed by atoms with Crippen molar-refractivity contribution in [2.24, 2.45) is 0 Å². The largest absolute Gasteiger partial charge is 0.507 e. The number of rotatable bonds is 8. The molecule has 0 bridgehead atoms. The van der Waals surface area contributed by atoms with E-state index in [-0.39, 0.29) is 18.1 Å². The van der Waals surface area contributed by atoms with Crippen LogP contribution in [0.3, 0.4) is 0 Å². The normalized spacial score (nSPS) is 18.3. The highest BCUT2D eigenvalue weighted by Gasteiger charge is 2.45. The smallest absolute Gasteiger partial charge is 0.295 e. The van der Waals surface area contributed by atoms with Gasteiger partial charge in [-0.15, -0.1) is 0 Å². The van der Waals surface area contributed by atoms with Crippen LogP contribution in [0.1, 0.15) is 30.5 Å². The number of fused-ring (bicyclic) bond motifs is 1. The third-order valence-corrected chi connectivity index (χ3v) is 6.07. The highest BCUT2D eigenvalue weighted by molar-refractivity contribution is 6.46. The van der Waals surface area contributed by atoms with Gasteiger partial charge in [-0.2, -0.15) is 0 Å². The Bertz CT molecular complexity index is 1270. The second kappa shape index (κ2) is 9.54. The van der Waals surface area contributed by atoms with Gasteiger partial charge in [0, 0.05) is 31.0 Å². The van der Waals surface area contributed by atoms with E-state index in [0.29, 0.717) is 54.5 Å². The van der Waals surface area contributed by atoms with Crippen molar-refractivity contribution < 1.29 is 28.9 Å². The molecule has 1 aromatic heterocycles. The maximum Gasteiger partial charge on any atom is 0.295 e. The standard InChI is InChI=1S/C26H25N3O6/c1-2-33-19-7-4-17(5-8-19)23-22(24(30)18-6-9-20-21(14-18)35-16-34-20)25(31)26(32)29(23)12-3-11-28-13-10-27-15-28/h4-10,13-15,23,30H,2-3,11-12,16H2,1H3/b24-22+. The first-order valence-corrected chi connectivity index (χ1v) is 11.4.